The van der Waals surface area contributed by atoms with Gasteiger partial charge < -0.3 is 9.64 Å². The van der Waals surface area contributed by atoms with Crippen LogP contribution in [0, 0.1) is 6.92 Å². The lowest BCUT2D eigenvalue weighted by atomic mass is 10.1. The maximum absolute atomic E-state index is 12.5. The molecule has 1 saturated heterocycles. The summed E-state index contributed by atoms with van der Waals surface area (Å²) in [6, 6.07) is 11.5. The van der Waals surface area contributed by atoms with E-state index < -0.39 is 0 Å². The molecule has 1 aliphatic rings. The van der Waals surface area contributed by atoms with Gasteiger partial charge in [0.15, 0.2) is 0 Å². The van der Waals surface area contributed by atoms with Crippen molar-refractivity contribution < 1.29 is 9.53 Å². The molecule has 1 aromatic heterocycles. The molecule has 4 heteroatoms. The molecule has 23 heavy (non-hydrogen) atoms. The summed E-state index contributed by atoms with van der Waals surface area (Å²) < 4.78 is 5.69. The van der Waals surface area contributed by atoms with Crippen LogP contribution < -0.4 is 4.74 Å². The fourth-order valence-electron chi connectivity index (χ4n) is 2.77. The molecule has 1 aromatic carbocycles. The zero-order valence-electron chi connectivity index (χ0n) is 13.5. The number of pyridine rings is 1. The highest BCUT2D eigenvalue weighted by molar-refractivity contribution is 5.94. The Morgan fingerprint density at radius 2 is 2.00 bits per heavy atom. The minimum atomic E-state index is 0.125. The summed E-state index contributed by atoms with van der Waals surface area (Å²) in [6.45, 7) is 4.14. The molecule has 0 atom stereocenters. The first-order valence-corrected chi connectivity index (χ1v) is 8.16. The molecule has 0 bridgehead atoms. The highest BCUT2D eigenvalue weighted by atomic mass is 16.5. The van der Waals surface area contributed by atoms with Crippen LogP contribution >= 0.6 is 0 Å². The highest BCUT2D eigenvalue weighted by Gasteiger charge is 2.18. The van der Waals surface area contributed by atoms with Crippen LogP contribution in [0.1, 0.15) is 40.7 Å². The first-order valence-electron chi connectivity index (χ1n) is 8.16. The quantitative estimate of drug-likeness (QED) is 0.866. The first-order chi connectivity index (χ1) is 11.2. The molecule has 0 N–H and O–H groups in total. The molecule has 120 valence electrons. The molecular weight excluding hydrogens is 288 g/mol. The molecule has 3 rings (SSSR count). The average Bonchev–Trinajstić information content (AvgIpc) is 2.61. The third-order valence-corrected chi connectivity index (χ3v) is 4.09. The van der Waals surface area contributed by atoms with Crippen molar-refractivity contribution in [2.24, 2.45) is 0 Å². The number of nitrogens with zero attached hydrogens (tertiary/aromatic N) is 2. The molecule has 1 amide bonds. The van der Waals surface area contributed by atoms with Gasteiger partial charge in [-0.1, -0.05) is 18.2 Å². The zero-order valence-corrected chi connectivity index (χ0v) is 13.5. The Labute approximate surface area is 137 Å². The van der Waals surface area contributed by atoms with E-state index in [4.69, 9.17) is 4.74 Å². The molecule has 2 heterocycles. The van der Waals surface area contributed by atoms with Crippen molar-refractivity contribution in [3.63, 3.8) is 0 Å². The van der Waals surface area contributed by atoms with Crippen molar-refractivity contribution >= 4 is 5.91 Å². The maximum atomic E-state index is 12.5. The van der Waals surface area contributed by atoms with Crippen molar-refractivity contribution in [1.82, 2.24) is 9.88 Å². The lowest BCUT2D eigenvalue weighted by molar-refractivity contribution is 0.0724. The third kappa shape index (κ3) is 4.09. The average molecular weight is 310 g/mol. The number of carbonyl (C=O) groups is 1. The summed E-state index contributed by atoms with van der Waals surface area (Å²) in [4.78, 5) is 18.7. The maximum Gasteiger partial charge on any atom is 0.253 e. The van der Waals surface area contributed by atoms with E-state index in [1.807, 2.05) is 48.2 Å². The zero-order chi connectivity index (χ0) is 16.1. The number of piperidine rings is 1. The van der Waals surface area contributed by atoms with Gasteiger partial charge in [-0.15, -0.1) is 0 Å². The third-order valence-electron chi connectivity index (χ3n) is 4.09. The number of hydrogen-bond acceptors (Lipinski definition) is 3. The number of ether oxygens (including phenoxy) is 1. The Balaban J connectivity index is 1.64. The van der Waals surface area contributed by atoms with Gasteiger partial charge in [0.25, 0.3) is 5.91 Å². The molecule has 0 spiro atoms. The molecule has 0 unspecified atom stereocenters. The SMILES string of the molecule is Cc1ccc(OCc2cccc(C(=O)N3CCCCC3)c2)nc1. The molecule has 1 fully saturated rings. The molecule has 0 aliphatic carbocycles. The van der Waals surface area contributed by atoms with Gasteiger partial charge in [0.1, 0.15) is 6.61 Å². The van der Waals surface area contributed by atoms with Crippen LogP contribution in [0.4, 0.5) is 0 Å². The fourth-order valence-corrected chi connectivity index (χ4v) is 2.77. The van der Waals surface area contributed by atoms with E-state index in [1.54, 1.807) is 6.20 Å². The predicted octanol–water partition coefficient (Wildman–Crippen LogP) is 3.60. The van der Waals surface area contributed by atoms with Crippen LogP contribution in [0.2, 0.25) is 0 Å². The summed E-state index contributed by atoms with van der Waals surface area (Å²) in [5, 5.41) is 0. The van der Waals surface area contributed by atoms with Crippen LogP contribution in [-0.2, 0) is 6.61 Å². The number of hydrogen-bond donors (Lipinski definition) is 0. The number of rotatable bonds is 4. The molecule has 0 radical (unpaired) electrons. The van der Waals surface area contributed by atoms with E-state index in [9.17, 15) is 4.79 Å². The van der Waals surface area contributed by atoms with E-state index in [0.29, 0.717) is 12.5 Å². The Bertz CT molecular complexity index is 661. The van der Waals surface area contributed by atoms with Gasteiger partial charge in [0, 0.05) is 30.9 Å². The van der Waals surface area contributed by atoms with E-state index in [-0.39, 0.29) is 5.91 Å². The summed E-state index contributed by atoms with van der Waals surface area (Å²) in [7, 11) is 0. The van der Waals surface area contributed by atoms with Crippen molar-refractivity contribution in [3.05, 3.63) is 59.3 Å². The van der Waals surface area contributed by atoms with E-state index in [1.165, 1.54) is 6.42 Å². The topological polar surface area (TPSA) is 42.4 Å². The second-order valence-electron chi connectivity index (χ2n) is 6.02. The van der Waals surface area contributed by atoms with Crippen molar-refractivity contribution in [1.29, 1.82) is 0 Å². The molecular formula is C19H22N2O2. The standard InChI is InChI=1S/C19H22N2O2/c1-15-8-9-18(20-13-15)23-14-16-6-5-7-17(12-16)19(22)21-10-3-2-4-11-21/h5-9,12-13H,2-4,10-11,14H2,1H3. The molecule has 2 aromatic rings. The van der Waals surface area contributed by atoms with Crippen LogP contribution in [-0.4, -0.2) is 28.9 Å². The van der Waals surface area contributed by atoms with Crippen LogP contribution in [0.3, 0.4) is 0 Å². The van der Waals surface area contributed by atoms with Gasteiger partial charge in [0.2, 0.25) is 5.88 Å². The lowest BCUT2D eigenvalue weighted by Crippen LogP contribution is -2.35. The van der Waals surface area contributed by atoms with Crippen LogP contribution in [0.15, 0.2) is 42.6 Å². The molecule has 4 nitrogen and oxygen atoms in total. The number of benzene rings is 1. The van der Waals surface area contributed by atoms with Gasteiger partial charge in [-0.2, -0.15) is 0 Å². The highest BCUT2D eigenvalue weighted by Crippen LogP contribution is 2.15. The number of amides is 1. The largest absolute Gasteiger partial charge is 0.473 e. The second kappa shape index (κ2) is 7.27. The summed E-state index contributed by atoms with van der Waals surface area (Å²) >= 11 is 0. The Morgan fingerprint density at radius 3 is 2.74 bits per heavy atom. The summed E-state index contributed by atoms with van der Waals surface area (Å²) in [5.41, 5.74) is 2.83. The first kappa shape index (κ1) is 15.5. The molecule has 1 aliphatic heterocycles. The number of aromatic nitrogens is 1. The summed E-state index contributed by atoms with van der Waals surface area (Å²) in [6.07, 6.45) is 5.22. The van der Waals surface area contributed by atoms with E-state index >= 15 is 0 Å². The number of aryl methyl sites for hydroxylation is 1. The monoisotopic (exact) mass is 310 g/mol. The Kier molecular flexibility index (Phi) is 4.91. The minimum Gasteiger partial charge on any atom is -0.473 e. The Morgan fingerprint density at radius 1 is 1.17 bits per heavy atom. The predicted molar refractivity (Wildman–Crippen MR) is 89.5 cm³/mol. The van der Waals surface area contributed by atoms with Crippen LogP contribution in [0.5, 0.6) is 5.88 Å². The molecule has 0 saturated carbocycles. The lowest BCUT2D eigenvalue weighted by Gasteiger charge is -2.26. The fraction of sp³-hybridized carbons (Fsp3) is 0.368. The number of likely N-dealkylation sites (tertiary alicyclic amines) is 1. The van der Waals surface area contributed by atoms with Crippen molar-refractivity contribution in [3.8, 4) is 5.88 Å². The van der Waals surface area contributed by atoms with Gasteiger partial charge in [-0.05, 0) is 49.4 Å². The van der Waals surface area contributed by atoms with Gasteiger partial charge >= 0.3 is 0 Å². The minimum absolute atomic E-state index is 0.125. The normalized spacial score (nSPS) is 14.6. The van der Waals surface area contributed by atoms with E-state index in [0.717, 1.165) is 42.6 Å². The second-order valence-corrected chi connectivity index (χ2v) is 6.02. The van der Waals surface area contributed by atoms with Gasteiger partial charge in [-0.3, -0.25) is 4.79 Å². The van der Waals surface area contributed by atoms with Crippen molar-refractivity contribution in [2.75, 3.05) is 13.1 Å². The van der Waals surface area contributed by atoms with Crippen LogP contribution in [0.25, 0.3) is 0 Å². The van der Waals surface area contributed by atoms with Crippen molar-refractivity contribution in [2.45, 2.75) is 32.8 Å². The Hall–Kier alpha value is -2.36. The van der Waals surface area contributed by atoms with Gasteiger partial charge in [-0.25, -0.2) is 4.98 Å². The smallest absolute Gasteiger partial charge is 0.253 e. The number of carbonyl (C=O) groups excluding carboxylic acids is 1. The van der Waals surface area contributed by atoms with E-state index in [2.05, 4.69) is 4.98 Å². The summed E-state index contributed by atoms with van der Waals surface area (Å²) in [5.74, 6) is 0.725. The van der Waals surface area contributed by atoms with Gasteiger partial charge in [0.05, 0.1) is 0 Å².